The van der Waals surface area contributed by atoms with Gasteiger partial charge < -0.3 is 5.11 Å². The van der Waals surface area contributed by atoms with E-state index in [2.05, 4.69) is 26.8 Å². The van der Waals surface area contributed by atoms with Crippen LogP contribution >= 0.6 is 0 Å². The van der Waals surface area contributed by atoms with Crippen LogP contribution in [0.3, 0.4) is 0 Å². The van der Waals surface area contributed by atoms with Gasteiger partial charge >= 0.3 is 0 Å². The van der Waals surface area contributed by atoms with E-state index in [4.69, 9.17) is 0 Å². The van der Waals surface area contributed by atoms with Crippen LogP contribution < -0.4 is 0 Å². The molecule has 1 nitrogen and oxygen atoms in total. The summed E-state index contributed by atoms with van der Waals surface area (Å²) in [7, 11) is 0. The van der Waals surface area contributed by atoms with Gasteiger partial charge in [-0.15, -0.1) is 0 Å². The number of hydrogen-bond acceptors (Lipinski definition) is 1. The van der Waals surface area contributed by atoms with E-state index in [1.165, 1.54) is 107 Å². The van der Waals surface area contributed by atoms with Crippen molar-refractivity contribution in [3.05, 3.63) is 28.8 Å². The largest absolute Gasteiger partial charge is 0.508 e. The van der Waals surface area contributed by atoms with Gasteiger partial charge in [0.2, 0.25) is 0 Å². The summed E-state index contributed by atoms with van der Waals surface area (Å²) in [5.74, 6) is 0.544. The highest BCUT2D eigenvalue weighted by Gasteiger charge is 2.13. The average molecular weight is 361 g/mol. The lowest BCUT2D eigenvalue weighted by molar-refractivity contribution is 0.463. The number of aryl methyl sites for hydroxylation is 1. The molecule has 0 unspecified atom stereocenters. The summed E-state index contributed by atoms with van der Waals surface area (Å²) >= 11 is 0. The van der Waals surface area contributed by atoms with E-state index >= 15 is 0 Å². The van der Waals surface area contributed by atoms with Crippen molar-refractivity contribution in [3.8, 4) is 5.75 Å². The summed E-state index contributed by atoms with van der Waals surface area (Å²) in [5, 5.41) is 10.5. The molecule has 0 fully saturated rings. The molecule has 0 aliphatic rings. The van der Waals surface area contributed by atoms with E-state index in [1.807, 2.05) is 6.07 Å². The van der Waals surface area contributed by atoms with Crippen LogP contribution in [-0.2, 0) is 19.3 Å². The molecule has 0 amide bonds. The van der Waals surface area contributed by atoms with Crippen molar-refractivity contribution in [1.82, 2.24) is 0 Å². The molecule has 1 rings (SSSR count). The molecule has 150 valence electrons. The first-order valence-electron chi connectivity index (χ1n) is 11.6. The van der Waals surface area contributed by atoms with Crippen LogP contribution in [0.4, 0.5) is 0 Å². The van der Waals surface area contributed by atoms with Crippen molar-refractivity contribution in [1.29, 1.82) is 0 Å². The molecule has 0 radical (unpaired) electrons. The summed E-state index contributed by atoms with van der Waals surface area (Å²) in [6, 6.07) is 4.15. The zero-order valence-electron chi connectivity index (χ0n) is 17.9. The van der Waals surface area contributed by atoms with Crippen LogP contribution in [0.25, 0.3) is 0 Å². The second-order valence-electron chi connectivity index (χ2n) is 7.99. The molecule has 0 heterocycles. The van der Waals surface area contributed by atoms with Gasteiger partial charge in [-0.2, -0.15) is 0 Å². The molecule has 0 aromatic heterocycles. The number of benzene rings is 1. The third kappa shape index (κ3) is 9.10. The van der Waals surface area contributed by atoms with Crippen molar-refractivity contribution < 1.29 is 5.11 Å². The molecule has 0 aliphatic carbocycles. The summed E-state index contributed by atoms with van der Waals surface area (Å²) in [5.41, 5.74) is 4.26. The van der Waals surface area contributed by atoms with Gasteiger partial charge in [0.1, 0.15) is 5.75 Å². The van der Waals surface area contributed by atoms with Crippen LogP contribution in [-0.4, -0.2) is 5.11 Å². The van der Waals surface area contributed by atoms with Gasteiger partial charge in [-0.25, -0.2) is 0 Å². The lowest BCUT2D eigenvalue weighted by atomic mass is 9.89. The maximum absolute atomic E-state index is 10.5. The normalized spacial score (nSPS) is 11.2. The van der Waals surface area contributed by atoms with E-state index in [9.17, 15) is 5.11 Å². The highest BCUT2D eigenvalue weighted by molar-refractivity contribution is 5.45. The predicted molar refractivity (Wildman–Crippen MR) is 116 cm³/mol. The maximum Gasteiger partial charge on any atom is 0.119 e. The van der Waals surface area contributed by atoms with Crippen LogP contribution in [0.2, 0.25) is 0 Å². The van der Waals surface area contributed by atoms with Crippen LogP contribution in [0.5, 0.6) is 5.75 Å². The predicted octanol–water partition coefficient (Wildman–Crippen LogP) is 8.15. The number of aromatic hydroxyl groups is 1. The second kappa shape index (κ2) is 15.1. The Kier molecular flexibility index (Phi) is 13.4. The van der Waals surface area contributed by atoms with Gasteiger partial charge in [0.05, 0.1) is 0 Å². The Morgan fingerprint density at radius 1 is 0.538 bits per heavy atom. The van der Waals surface area contributed by atoms with Gasteiger partial charge in [-0.1, -0.05) is 91.0 Å². The lowest BCUT2D eigenvalue weighted by Crippen LogP contribution is -2.02. The highest BCUT2D eigenvalue weighted by Crippen LogP contribution is 2.29. The Bertz CT molecular complexity index is 463. The number of rotatable bonds is 16. The molecule has 0 atom stereocenters. The van der Waals surface area contributed by atoms with Crippen molar-refractivity contribution in [2.24, 2.45) is 0 Å². The van der Waals surface area contributed by atoms with Gasteiger partial charge in [0.25, 0.3) is 0 Å². The second-order valence-corrected chi connectivity index (χ2v) is 7.99. The SMILES string of the molecule is CCCCCCCCc1c(O)ccc(CCCC)c1CCCCCCC. The zero-order chi connectivity index (χ0) is 19.0. The molecule has 1 N–H and O–H groups in total. The number of unbranched alkanes of at least 4 members (excludes halogenated alkanes) is 10. The molecule has 0 spiro atoms. The van der Waals surface area contributed by atoms with Gasteiger partial charge in [-0.3, -0.25) is 0 Å². The minimum atomic E-state index is 0.544. The number of phenols is 1. The van der Waals surface area contributed by atoms with E-state index in [0.717, 1.165) is 12.8 Å². The quantitative estimate of drug-likeness (QED) is 0.295. The third-order valence-electron chi connectivity index (χ3n) is 5.61. The monoisotopic (exact) mass is 360 g/mol. The fourth-order valence-corrected chi connectivity index (χ4v) is 3.91. The Morgan fingerprint density at radius 2 is 1.04 bits per heavy atom. The van der Waals surface area contributed by atoms with Crippen molar-refractivity contribution in [2.45, 2.75) is 124 Å². The number of hydrogen-bond donors (Lipinski definition) is 1. The summed E-state index contributed by atoms with van der Waals surface area (Å²) in [6.45, 7) is 6.81. The molecule has 1 heteroatoms. The number of phenolic OH excluding ortho intramolecular Hbond substituents is 1. The van der Waals surface area contributed by atoms with Crippen molar-refractivity contribution >= 4 is 0 Å². The van der Waals surface area contributed by atoms with Gasteiger partial charge in [0, 0.05) is 0 Å². The minimum Gasteiger partial charge on any atom is -0.508 e. The standard InChI is InChI=1S/C25H44O/c1-4-7-10-12-14-16-19-24-23(18-15-13-11-8-5-2)22(17-9-6-3)20-21-25(24)26/h20-21,26H,4-19H2,1-3H3. The molecule has 0 saturated carbocycles. The molecule has 26 heavy (non-hydrogen) atoms. The molecule has 1 aromatic rings. The highest BCUT2D eigenvalue weighted by atomic mass is 16.3. The fraction of sp³-hybridized carbons (Fsp3) is 0.760. The smallest absolute Gasteiger partial charge is 0.119 e. The first-order valence-corrected chi connectivity index (χ1v) is 11.6. The Balaban J connectivity index is 2.70. The zero-order valence-corrected chi connectivity index (χ0v) is 17.9. The van der Waals surface area contributed by atoms with Gasteiger partial charge in [-0.05, 0) is 61.3 Å². The molecular formula is C25H44O. The Morgan fingerprint density at radius 3 is 1.62 bits per heavy atom. The van der Waals surface area contributed by atoms with Gasteiger partial charge in [0.15, 0.2) is 0 Å². The summed E-state index contributed by atoms with van der Waals surface area (Å²) in [4.78, 5) is 0. The van der Waals surface area contributed by atoms with Crippen LogP contribution in [0.15, 0.2) is 12.1 Å². The topological polar surface area (TPSA) is 20.2 Å². The fourth-order valence-electron chi connectivity index (χ4n) is 3.91. The molecular weight excluding hydrogens is 316 g/mol. The van der Waals surface area contributed by atoms with E-state index < -0.39 is 0 Å². The molecule has 0 saturated heterocycles. The molecule has 0 bridgehead atoms. The van der Waals surface area contributed by atoms with Crippen LogP contribution in [0, 0.1) is 0 Å². The third-order valence-corrected chi connectivity index (χ3v) is 5.61. The summed E-state index contributed by atoms with van der Waals surface area (Å²) < 4.78 is 0. The van der Waals surface area contributed by atoms with E-state index in [1.54, 1.807) is 0 Å². The Hall–Kier alpha value is -0.980. The van der Waals surface area contributed by atoms with Crippen molar-refractivity contribution in [2.75, 3.05) is 0 Å². The Labute approximate surface area is 163 Å². The van der Waals surface area contributed by atoms with Crippen LogP contribution in [0.1, 0.15) is 121 Å². The lowest BCUT2D eigenvalue weighted by Gasteiger charge is -2.17. The molecule has 1 aromatic carbocycles. The first kappa shape index (κ1) is 23.1. The first-order chi connectivity index (χ1) is 12.7. The van der Waals surface area contributed by atoms with Crippen molar-refractivity contribution in [3.63, 3.8) is 0 Å². The molecule has 0 aliphatic heterocycles. The van der Waals surface area contributed by atoms with E-state index in [0.29, 0.717) is 5.75 Å². The van der Waals surface area contributed by atoms with E-state index in [-0.39, 0.29) is 0 Å². The average Bonchev–Trinajstić information content (AvgIpc) is 2.65. The minimum absolute atomic E-state index is 0.544. The summed E-state index contributed by atoms with van der Waals surface area (Å²) in [6.07, 6.45) is 20.4. The maximum atomic E-state index is 10.5.